The Morgan fingerprint density at radius 3 is 2.64 bits per heavy atom. The topological polar surface area (TPSA) is 39.3 Å². The largest absolute Gasteiger partial charge is 0.312 e. The molecule has 2 aromatic heterocycles. The number of benzene rings is 1. The Balaban J connectivity index is 1.75. The molecule has 0 N–H and O–H groups in total. The zero-order valence-corrected chi connectivity index (χ0v) is 12.7. The summed E-state index contributed by atoms with van der Waals surface area (Å²) in [6, 6.07) is 10.3. The van der Waals surface area contributed by atoms with Gasteiger partial charge >= 0.3 is 0 Å². The first-order chi connectivity index (χ1) is 10.7. The van der Waals surface area contributed by atoms with Gasteiger partial charge in [-0.3, -0.25) is 4.79 Å². The van der Waals surface area contributed by atoms with Crippen LogP contribution >= 0.6 is 0 Å². The molecule has 2 heterocycles. The second kappa shape index (κ2) is 5.13. The maximum Gasteiger partial charge on any atom is 0.276 e. The molecule has 1 aromatic carbocycles. The Morgan fingerprint density at radius 2 is 1.95 bits per heavy atom. The van der Waals surface area contributed by atoms with E-state index in [4.69, 9.17) is 0 Å². The molecule has 0 radical (unpaired) electrons. The highest BCUT2D eigenvalue weighted by Crippen LogP contribution is 2.30. The summed E-state index contributed by atoms with van der Waals surface area (Å²) in [6.07, 6.45) is 7.24. The molecule has 0 unspecified atom stereocenters. The van der Waals surface area contributed by atoms with Crippen LogP contribution in [-0.2, 0) is 13.0 Å². The molecule has 4 rings (SSSR count). The van der Waals surface area contributed by atoms with Crippen molar-refractivity contribution in [2.24, 2.45) is 5.92 Å². The molecule has 0 spiro atoms. The Morgan fingerprint density at radius 1 is 1.18 bits per heavy atom. The van der Waals surface area contributed by atoms with Crippen LogP contribution in [0.15, 0.2) is 47.5 Å². The van der Waals surface area contributed by atoms with Crippen LogP contribution in [0, 0.1) is 5.92 Å². The molecule has 0 amide bonds. The van der Waals surface area contributed by atoms with E-state index >= 15 is 0 Å². The lowest BCUT2D eigenvalue weighted by Crippen LogP contribution is -2.22. The van der Waals surface area contributed by atoms with Crippen molar-refractivity contribution in [1.29, 1.82) is 0 Å². The van der Waals surface area contributed by atoms with Crippen molar-refractivity contribution in [3.63, 3.8) is 0 Å². The number of rotatable bonds is 4. The van der Waals surface area contributed by atoms with E-state index in [0.29, 0.717) is 11.4 Å². The predicted molar refractivity (Wildman–Crippen MR) is 87.0 cm³/mol. The maximum absolute atomic E-state index is 12.5. The van der Waals surface area contributed by atoms with Crippen LogP contribution in [0.25, 0.3) is 16.8 Å². The van der Waals surface area contributed by atoms with E-state index < -0.39 is 0 Å². The molecule has 22 heavy (non-hydrogen) atoms. The Bertz CT molecular complexity index is 869. The van der Waals surface area contributed by atoms with E-state index in [0.717, 1.165) is 24.2 Å². The second-order valence-corrected chi connectivity index (χ2v) is 6.11. The van der Waals surface area contributed by atoms with E-state index in [-0.39, 0.29) is 5.56 Å². The van der Waals surface area contributed by atoms with Gasteiger partial charge in [0.05, 0.1) is 5.69 Å². The smallest absolute Gasteiger partial charge is 0.276 e. The van der Waals surface area contributed by atoms with Crippen LogP contribution < -0.4 is 5.56 Å². The molecule has 0 bridgehead atoms. The first-order valence-electron chi connectivity index (χ1n) is 7.93. The third kappa shape index (κ3) is 2.34. The zero-order valence-electron chi connectivity index (χ0n) is 12.7. The molecule has 112 valence electrons. The molecule has 1 saturated carbocycles. The summed E-state index contributed by atoms with van der Waals surface area (Å²) in [6.45, 7) is 2.98. The Kier molecular flexibility index (Phi) is 3.10. The molecular weight excluding hydrogens is 274 g/mol. The fourth-order valence-corrected chi connectivity index (χ4v) is 2.80. The minimum absolute atomic E-state index is 0.0540. The summed E-state index contributed by atoms with van der Waals surface area (Å²) in [7, 11) is 0. The van der Waals surface area contributed by atoms with Crippen molar-refractivity contribution in [3.05, 3.63) is 58.6 Å². The van der Waals surface area contributed by atoms with Crippen LogP contribution in [0.2, 0.25) is 0 Å². The predicted octanol–water partition coefficient (Wildman–Crippen LogP) is 3.14. The molecule has 4 nitrogen and oxygen atoms in total. The van der Waals surface area contributed by atoms with Crippen LogP contribution in [0.4, 0.5) is 0 Å². The number of aryl methyl sites for hydroxylation is 1. The summed E-state index contributed by atoms with van der Waals surface area (Å²) in [4.78, 5) is 12.5. The van der Waals surface area contributed by atoms with Crippen molar-refractivity contribution in [2.75, 3.05) is 0 Å². The normalized spacial score (nSPS) is 14.6. The summed E-state index contributed by atoms with van der Waals surface area (Å²) in [5.74, 6) is 0.684. The monoisotopic (exact) mass is 293 g/mol. The number of aromatic nitrogens is 3. The van der Waals surface area contributed by atoms with Gasteiger partial charge in [-0.05, 0) is 36.8 Å². The number of nitrogens with zero attached hydrogens (tertiary/aromatic N) is 3. The molecule has 1 aliphatic carbocycles. The molecule has 1 fully saturated rings. The van der Waals surface area contributed by atoms with Gasteiger partial charge in [-0.15, -0.1) is 0 Å². The second-order valence-electron chi connectivity index (χ2n) is 6.11. The van der Waals surface area contributed by atoms with Crippen LogP contribution in [-0.4, -0.2) is 14.2 Å². The van der Waals surface area contributed by atoms with Gasteiger partial charge < -0.3 is 4.57 Å². The highest BCUT2D eigenvalue weighted by Gasteiger charge is 2.22. The van der Waals surface area contributed by atoms with E-state index in [1.165, 1.54) is 18.4 Å². The summed E-state index contributed by atoms with van der Waals surface area (Å²) in [5.41, 5.74) is 3.91. The molecule has 0 atom stereocenters. The number of hydrogen-bond donors (Lipinski definition) is 0. The number of hydrogen-bond acceptors (Lipinski definition) is 2. The quantitative estimate of drug-likeness (QED) is 0.741. The van der Waals surface area contributed by atoms with Crippen molar-refractivity contribution in [2.45, 2.75) is 32.7 Å². The van der Waals surface area contributed by atoms with Crippen molar-refractivity contribution in [1.82, 2.24) is 14.2 Å². The van der Waals surface area contributed by atoms with Gasteiger partial charge in [0.25, 0.3) is 5.56 Å². The van der Waals surface area contributed by atoms with Crippen molar-refractivity contribution in [3.8, 4) is 11.3 Å². The van der Waals surface area contributed by atoms with E-state index in [2.05, 4.69) is 36.3 Å². The third-order valence-electron chi connectivity index (χ3n) is 4.41. The van der Waals surface area contributed by atoms with Gasteiger partial charge in [-0.2, -0.15) is 5.10 Å². The highest BCUT2D eigenvalue weighted by atomic mass is 16.1. The summed E-state index contributed by atoms with van der Waals surface area (Å²) < 4.78 is 3.51. The van der Waals surface area contributed by atoms with Gasteiger partial charge in [0.1, 0.15) is 5.52 Å². The highest BCUT2D eigenvalue weighted by molar-refractivity contribution is 5.65. The zero-order chi connectivity index (χ0) is 15.1. The van der Waals surface area contributed by atoms with Crippen LogP contribution in [0.3, 0.4) is 0 Å². The Hall–Kier alpha value is -2.36. The fourth-order valence-electron chi connectivity index (χ4n) is 2.80. The van der Waals surface area contributed by atoms with E-state index in [1.54, 1.807) is 4.52 Å². The van der Waals surface area contributed by atoms with Gasteiger partial charge in [0, 0.05) is 24.5 Å². The standard InChI is InChI=1S/C18H19N3O/c1-2-13-5-7-15(8-6-13)16-11-17-18(22)20(12-14-3-4-14)9-10-21(17)19-16/h5-11,14H,2-4,12H2,1H3. The average molecular weight is 293 g/mol. The lowest BCUT2D eigenvalue weighted by molar-refractivity contribution is 0.603. The molecule has 1 aliphatic rings. The molecule has 4 heteroatoms. The van der Waals surface area contributed by atoms with Crippen molar-refractivity contribution < 1.29 is 0 Å². The van der Waals surface area contributed by atoms with Gasteiger partial charge in [0.2, 0.25) is 0 Å². The third-order valence-corrected chi connectivity index (χ3v) is 4.41. The molecule has 3 aromatic rings. The van der Waals surface area contributed by atoms with E-state index in [1.807, 2.05) is 23.0 Å². The molecular formula is C18H19N3O. The fraction of sp³-hybridized carbons (Fsp3) is 0.333. The summed E-state index contributed by atoms with van der Waals surface area (Å²) in [5, 5.41) is 4.54. The van der Waals surface area contributed by atoms with Gasteiger partial charge in [0.15, 0.2) is 0 Å². The first-order valence-corrected chi connectivity index (χ1v) is 7.93. The number of fused-ring (bicyclic) bond motifs is 1. The minimum Gasteiger partial charge on any atom is -0.312 e. The first kappa shape index (κ1) is 13.3. The minimum atomic E-state index is 0.0540. The lowest BCUT2D eigenvalue weighted by Gasteiger charge is -2.03. The molecule has 0 saturated heterocycles. The lowest BCUT2D eigenvalue weighted by atomic mass is 10.1. The summed E-state index contributed by atoms with van der Waals surface area (Å²) >= 11 is 0. The average Bonchev–Trinajstić information content (AvgIpc) is 3.26. The SMILES string of the molecule is CCc1ccc(-c2cc3c(=O)n(CC4CC4)ccn3n2)cc1. The van der Waals surface area contributed by atoms with Crippen LogP contribution in [0.5, 0.6) is 0 Å². The van der Waals surface area contributed by atoms with Crippen molar-refractivity contribution >= 4 is 5.52 Å². The van der Waals surface area contributed by atoms with Gasteiger partial charge in [-0.25, -0.2) is 4.52 Å². The Labute approximate surface area is 129 Å². The van der Waals surface area contributed by atoms with Crippen LogP contribution in [0.1, 0.15) is 25.3 Å². The maximum atomic E-state index is 12.5. The molecule has 0 aliphatic heterocycles. The van der Waals surface area contributed by atoms with Gasteiger partial charge in [-0.1, -0.05) is 31.2 Å². The van der Waals surface area contributed by atoms with E-state index in [9.17, 15) is 4.79 Å².